The van der Waals surface area contributed by atoms with Gasteiger partial charge in [-0.05, 0) is 37.8 Å². The van der Waals surface area contributed by atoms with Gasteiger partial charge in [-0.1, -0.05) is 18.2 Å². The highest BCUT2D eigenvalue weighted by molar-refractivity contribution is 7.90. The van der Waals surface area contributed by atoms with Crippen molar-refractivity contribution in [1.82, 2.24) is 4.72 Å². The quantitative estimate of drug-likeness (QED) is 0.899. The third-order valence-corrected chi connectivity index (χ3v) is 4.88. The van der Waals surface area contributed by atoms with Gasteiger partial charge in [0.2, 0.25) is 5.91 Å². The molecule has 20 heavy (non-hydrogen) atoms. The molecule has 5 nitrogen and oxygen atoms in total. The highest BCUT2D eigenvalue weighted by atomic mass is 32.2. The Balaban J connectivity index is 1.94. The number of hydrogen-bond donors (Lipinski definition) is 1. The number of carbonyl (C=O) groups is 1. The fraction of sp³-hybridized carbons (Fsp3) is 0.500. The van der Waals surface area contributed by atoms with E-state index in [4.69, 9.17) is 4.74 Å². The van der Waals surface area contributed by atoms with Crippen LogP contribution in [0.1, 0.15) is 31.2 Å². The minimum Gasteiger partial charge on any atom is -0.378 e. The van der Waals surface area contributed by atoms with E-state index in [2.05, 4.69) is 4.72 Å². The smallest absolute Gasteiger partial charge is 0.264 e. The third-order valence-electron chi connectivity index (χ3n) is 3.35. The first-order valence-electron chi connectivity index (χ1n) is 6.72. The van der Waals surface area contributed by atoms with Crippen LogP contribution in [0.5, 0.6) is 0 Å². The number of hydrogen-bond acceptors (Lipinski definition) is 4. The molecule has 1 amide bonds. The van der Waals surface area contributed by atoms with Crippen molar-refractivity contribution < 1.29 is 17.9 Å². The molecule has 0 bridgehead atoms. The van der Waals surface area contributed by atoms with E-state index >= 15 is 0 Å². The van der Waals surface area contributed by atoms with E-state index in [1.807, 2.05) is 0 Å². The maximum Gasteiger partial charge on any atom is 0.264 e. The Morgan fingerprint density at radius 2 is 2.15 bits per heavy atom. The van der Waals surface area contributed by atoms with Gasteiger partial charge in [0.15, 0.2) is 0 Å². The number of sulfonamides is 1. The lowest BCUT2D eigenvalue weighted by Gasteiger charge is -2.11. The summed E-state index contributed by atoms with van der Waals surface area (Å²) in [7, 11) is -3.78. The van der Waals surface area contributed by atoms with Gasteiger partial charge in [0.25, 0.3) is 10.0 Å². The molecule has 1 aliphatic heterocycles. The predicted molar refractivity (Wildman–Crippen MR) is 74.7 cm³/mol. The molecule has 0 spiro atoms. The minimum atomic E-state index is -3.78. The summed E-state index contributed by atoms with van der Waals surface area (Å²) in [6, 6.07) is 6.59. The Hall–Kier alpha value is -1.40. The van der Waals surface area contributed by atoms with Gasteiger partial charge in [-0.15, -0.1) is 0 Å². The van der Waals surface area contributed by atoms with Gasteiger partial charge in [0, 0.05) is 13.0 Å². The fourth-order valence-corrected chi connectivity index (χ4v) is 3.54. The van der Waals surface area contributed by atoms with Crippen molar-refractivity contribution in [1.29, 1.82) is 0 Å². The highest BCUT2D eigenvalue weighted by Gasteiger charge is 2.21. The number of nitrogens with one attached hydrogen (secondary N) is 1. The first kappa shape index (κ1) is 15.0. The van der Waals surface area contributed by atoms with E-state index in [9.17, 15) is 13.2 Å². The molecule has 0 saturated carbocycles. The summed E-state index contributed by atoms with van der Waals surface area (Å²) in [5.74, 6) is -0.483. The summed E-state index contributed by atoms with van der Waals surface area (Å²) >= 11 is 0. The molecule has 0 aromatic heterocycles. The molecule has 1 aromatic carbocycles. The Bertz CT molecular complexity index is 577. The second kappa shape index (κ2) is 6.37. The van der Waals surface area contributed by atoms with E-state index in [0.717, 1.165) is 19.4 Å². The predicted octanol–water partition coefficient (Wildman–Crippen LogP) is 1.76. The number of aryl methyl sites for hydroxylation is 1. The number of ether oxygens (including phenoxy) is 1. The van der Waals surface area contributed by atoms with Crippen molar-refractivity contribution in [2.24, 2.45) is 0 Å². The molecular weight excluding hydrogens is 278 g/mol. The molecule has 1 fully saturated rings. The molecule has 1 N–H and O–H groups in total. The zero-order valence-corrected chi connectivity index (χ0v) is 12.3. The van der Waals surface area contributed by atoms with Crippen molar-refractivity contribution in [3.05, 3.63) is 29.8 Å². The van der Waals surface area contributed by atoms with Crippen LogP contribution in [0.25, 0.3) is 0 Å². The van der Waals surface area contributed by atoms with Gasteiger partial charge < -0.3 is 4.74 Å². The summed E-state index contributed by atoms with van der Waals surface area (Å²) < 4.78 is 31.7. The Morgan fingerprint density at radius 1 is 1.40 bits per heavy atom. The lowest BCUT2D eigenvalue weighted by atomic mass is 10.1. The topological polar surface area (TPSA) is 72.5 Å². The van der Waals surface area contributed by atoms with Crippen LogP contribution < -0.4 is 4.72 Å². The largest absolute Gasteiger partial charge is 0.378 e. The van der Waals surface area contributed by atoms with Crippen LogP contribution in [0.3, 0.4) is 0 Å². The van der Waals surface area contributed by atoms with Gasteiger partial charge in [-0.25, -0.2) is 13.1 Å². The zero-order chi connectivity index (χ0) is 14.6. The van der Waals surface area contributed by atoms with Gasteiger partial charge in [-0.2, -0.15) is 0 Å². The fourth-order valence-electron chi connectivity index (χ4n) is 2.28. The number of rotatable bonds is 5. The molecule has 0 aliphatic carbocycles. The molecule has 110 valence electrons. The van der Waals surface area contributed by atoms with Crippen molar-refractivity contribution in [3.63, 3.8) is 0 Å². The van der Waals surface area contributed by atoms with Crippen LogP contribution in [-0.2, 0) is 19.6 Å². The first-order chi connectivity index (χ1) is 9.49. The lowest BCUT2D eigenvalue weighted by Crippen LogP contribution is -2.31. The monoisotopic (exact) mass is 297 g/mol. The summed E-state index contributed by atoms with van der Waals surface area (Å²) in [6.07, 6.45) is 2.76. The molecule has 0 unspecified atom stereocenters. The lowest BCUT2D eigenvalue weighted by molar-refractivity contribution is -0.119. The third kappa shape index (κ3) is 3.80. The van der Waals surface area contributed by atoms with Crippen LogP contribution in [0.2, 0.25) is 0 Å². The zero-order valence-electron chi connectivity index (χ0n) is 11.5. The Labute approximate surface area is 119 Å². The molecule has 1 aliphatic rings. The summed E-state index contributed by atoms with van der Waals surface area (Å²) in [6.45, 7) is 2.43. The average molecular weight is 297 g/mol. The number of amides is 1. The maximum absolute atomic E-state index is 12.1. The van der Waals surface area contributed by atoms with Crippen LogP contribution in [0.4, 0.5) is 0 Å². The molecule has 1 aromatic rings. The summed E-state index contributed by atoms with van der Waals surface area (Å²) in [5.41, 5.74) is 0.618. The molecular formula is C14H19NO4S. The molecule has 2 rings (SSSR count). The Morgan fingerprint density at radius 3 is 2.80 bits per heavy atom. The highest BCUT2D eigenvalue weighted by Crippen LogP contribution is 2.17. The number of carbonyl (C=O) groups excluding carboxylic acids is 1. The second-order valence-electron chi connectivity index (χ2n) is 4.97. The van der Waals surface area contributed by atoms with Gasteiger partial charge in [-0.3, -0.25) is 4.79 Å². The van der Waals surface area contributed by atoms with E-state index < -0.39 is 15.9 Å². The number of benzene rings is 1. The normalized spacial score (nSPS) is 18.9. The van der Waals surface area contributed by atoms with Crippen LogP contribution in [0.15, 0.2) is 29.2 Å². The van der Waals surface area contributed by atoms with Crippen molar-refractivity contribution in [2.45, 2.75) is 43.6 Å². The van der Waals surface area contributed by atoms with Crippen LogP contribution in [0, 0.1) is 6.92 Å². The van der Waals surface area contributed by atoms with Crippen LogP contribution >= 0.6 is 0 Å². The van der Waals surface area contributed by atoms with Crippen molar-refractivity contribution in [2.75, 3.05) is 6.61 Å². The van der Waals surface area contributed by atoms with E-state index in [-0.39, 0.29) is 17.4 Å². The SMILES string of the molecule is Cc1ccccc1S(=O)(=O)NC(=O)CC[C@H]1CCCO1. The van der Waals surface area contributed by atoms with Gasteiger partial charge in [0.05, 0.1) is 11.0 Å². The minimum absolute atomic E-state index is 0.0851. The average Bonchev–Trinajstić information content (AvgIpc) is 2.89. The van der Waals surface area contributed by atoms with Gasteiger partial charge in [0.1, 0.15) is 0 Å². The van der Waals surface area contributed by atoms with Crippen molar-refractivity contribution >= 4 is 15.9 Å². The van der Waals surface area contributed by atoms with Crippen LogP contribution in [-0.4, -0.2) is 27.0 Å². The van der Waals surface area contributed by atoms with E-state index in [0.29, 0.717) is 12.0 Å². The standard InChI is InChI=1S/C14H19NO4S/c1-11-5-2-3-7-13(11)20(17,18)15-14(16)9-8-12-6-4-10-19-12/h2-3,5,7,12H,4,6,8-10H2,1H3,(H,15,16)/t12-/m1/s1. The van der Waals surface area contributed by atoms with E-state index in [1.54, 1.807) is 25.1 Å². The Kier molecular flexibility index (Phi) is 4.77. The second-order valence-corrected chi connectivity index (χ2v) is 6.62. The molecule has 0 radical (unpaired) electrons. The first-order valence-corrected chi connectivity index (χ1v) is 8.20. The van der Waals surface area contributed by atoms with E-state index in [1.165, 1.54) is 6.07 Å². The molecule has 1 atom stereocenters. The molecule has 6 heteroatoms. The molecule has 1 saturated heterocycles. The molecule has 1 heterocycles. The summed E-state index contributed by atoms with van der Waals surface area (Å²) in [5, 5.41) is 0. The van der Waals surface area contributed by atoms with Gasteiger partial charge >= 0.3 is 0 Å². The summed E-state index contributed by atoms with van der Waals surface area (Å²) in [4.78, 5) is 11.9. The van der Waals surface area contributed by atoms with Crippen molar-refractivity contribution in [3.8, 4) is 0 Å². The maximum atomic E-state index is 12.1.